The number of fused-ring (bicyclic) bond motifs is 1. The third-order valence-electron chi connectivity index (χ3n) is 6.75. The fourth-order valence-electron chi connectivity index (χ4n) is 4.60. The summed E-state index contributed by atoms with van der Waals surface area (Å²) in [6.45, 7) is 3.50. The molecule has 10 heteroatoms. The van der Waals surface area contributed by atoms with Gasteiger partial charge in [0.2, 0.25) is 11.8 Å². The van der Waals surface area contributed by atoms with Crippen LogP contribution in [0.3, 0.4) is 0 Å². The van der Waals surface area contributed by atoms with E-state index < -0.39 is 29.7 Å². The molecule has 1 aromatic carbocycles. The summed E-state index contributed by atoms with van der Waals surface area (Å²) in [5, 5.41) is 14.2. The first-order valence-electron chi connectivity index (χ1n) is 10.9. The Morgan fingerprint density at radius 1 is 1.03 bits per heavy atom. The highest BCUT2D eigenvalue weighted by Crippen LogP contribution is 2.40. The van der Waals surface area contributed by atoms with Crippen LogP contribution in [-0.4, -0.2) is 65.4 Å². The van der Waals surface area contributed by atoms with Crippen molar-refractivity contribution in [3.63, 3.8) is 0 Å². The van der Waals surface area contributed by atoms with E-state index in [4.69, 9.17) is 4.98 Å². The van der Waals surface area contributed by atoms with Gasteiger partial charge in [-0.3, -0.25) is 19.4 Å². The van der Waals surface area contributed by atoms with Gasteiger partial charge in [0.05, 0.1) is 12.6 Å². The number of imide groups is 2. The number of anilines is 1. The van der Waals surface area contributed by atoms with E-state index in [1.165, 1.54) is 14.1 Å². The quantitative estimate of drug-likeness (QED) is 0.331. The van der Waals surface area contributed by atoms with Crippen LogP contribution in [0, 0.1) is 25.0 Å². The van der Waals surface area contributed by atoms with Gasteiger partial charge in [-0.05, 0) is 12.1 Å². The van der Waals surface area contributed by atoms with Crippen LogP contribution in [0.4, 0.5) is 10.6 Å². The number of pyridine rings is 1. The second-order valence-electron chi connectivity index (χ2n) is 8.90. The first-order valence-corrected chi connectivity index (χ1v) is 10.9. The lowest BCUT2D eigenvalue weighted by atomic mass is 9.81. The van der Waals surface area contributed by atoms with Crippen molar-refractivity contribution in [2.24, 2.45) is 13.0 Å². The van der Waals surface area contributed by atoms with E-state index in [9.17, 15) is 19.6 Å². The SMILES string of the molecule is Cc1c(C)[n+]([O-])c([C@@H](c2cc3ccccc3nc2N(C)C)C2C(=O)N(C)C(=O)N(C)C2=O)n1C. The van der Waals surface area contributed by atoms with Crippen molar-refractivity contribution in [1.29, 1.82) is 0 Å². The number of barbiturate groups is 1. The molecule has 0 spiro atoms. The minimum Gasteiger partial charge on any atom is -0.711 e. The zero-order valence-electron chi connectivity index (χ0n) is 20.4. The third-order valence-corrected chi connectivity index (χ3v) is 6.75. The first kappa shape index (κ1) is 23.2. The molecule has 0 N–H and O–H groups in total. The second kappa shape index (κ2) is 8.12. The summed E-state index contributed by atoms with van der Waals surface area (Å²) in [7, 11) is 8.05. The van der Waals surface area contributed by atoms with Gasteiger partial charge < -0.3 is 10.1 Å². The molecule has 0 bridgehead atoms. The number of amides is 4. The Balaban J connectivity index is 2.10. The van der Waals surface area contributed by atoms with Crippen molar-refractivity contribution in [1.82, 2.24) is 19.4 Å². The third kappa shape index (κ3) is 3.28. The molecule has 1 aliphatic rings. The van der Waals surface area contributed by atoms with Gasteiger partial charge in [-0.2, -0.15) is 0 Å². The number of carbonyl (C=O) groups excluding carboxylic acids is 3. The van der Waals surface area contributed by atoms with Crippen LogP contribution < -0.4 is 9.63 Å². The molecule has 3 aromatic rings. The minimum absolute atomic E-state index is 0.234. The van der Waals surface area contributed by atoms with E-state index in [0.29, 0.717) is 22.8 Å². The predicted molar refractivity (Wildman–Crippen MR) is 126 cm³/mol. The molecule has 4 rings (SSSR count). The van der Waals surface area contributed by atoms with Crippen molar-refractivity contribution in [2.45, 2.75) is 19.8 Å². The zero-order valence-corrected chi connectivity index (χ0v) is 20.4. The monoisotopic (exact) mass is 464 g/mol. The van der Waals surface area contributed by atoms with Gasteiger partial charge >= 0.3 is 6.03 Å². The molecule has 10 nitrogen and oxygen atoms in total. The van der Waals surface area contributed by atoms with E-state index in [2.05, 4.69) is 0 Å². The maximum Gasteiger partial charge on any atom is 0.332 e. The molecule has 1 aliphatic heterocycles. The van der Waals surface area contributed by atoms with Gasteiger partial charge in [-0.25, -0.2) is 19.1 Å². The smallest absolute Gasteiger partial charge is 0.332 e. The van der Waals surface area contributed by atoms with E-state index in [-0.39, 0.29) is 5.82 Å². The second-order valence-corrected chi connectivity index (χ2v) is 8.90. The number of aromatic nitrogens is 3. The number of benzene rings is 1. The Hall–Kier alpha value is -3.95. The molecule has 1 fully saturated rings. The van der Waals surface area contributed by atoms with Crippen molar-refractivity contribution in [3.05, 3.63) is 58.3 Å². The Kier molecular flexibility index (Phi) is 5.55. The number of hydrogen-bond donors (Lipinski definition) is 0. The molecular formula is C24H28N6O4. The predicted octanol–water partition coefficient (Wildman–Crippen LogP) is 1.69. The molecule has 0 radical (unpaired) electrons. The van der Waals surface area contributed by atoms with Gasteiger partial charge in [0.25, 0.3) is 5.82 Å². The van der Waals surface area contributed by atoms with Crippen LogP contribution in [0.15, 0.2) is 30.3 Å². The van der Waals surface area contributed by atoms with Crippen molar-refractivity contribution >= 4 is 34.6 Å². The number of carbonyl (C=O) groups is 3. The zero-order chi connectivity index (χ0) is 25.1. The lowest BCUT2D eigenvalue weighted by Crippen LogP contribution is -2.59. The highest BCUT2D eigenvalue weighted by atomic mass is 16.5. The van der Waals surface area contributed by atoms with Gasteiger partial charge in [0.15, 0.2) is 0 Å². The van der Waals surface area contributed by atoms with E-state index in [1.807, 2.05) is 51.4 Å². The Bertz CT molecular complexity index is 1300. The molecular weight excluding hydrogens is 436 g/mol. The maximum atomic E-state index is 13.4. The summed E-state index contributed by atoms with van der Waals surface area (Å²) < 4.78 is 2.48. The lowest BCUT2D eigenvalue weighted by molar-refractivity contribution is -0.621. The number of imidazole rings is 1. The summed E-state index contributed by atoms with van der Waals surface area (Å²) in [6, 6.07) is 8.69. The van der Waals surface area contributed by atoms with Crippen LogP contribution in [0.5, 0.6) is 0 Å². The van der Waals surface area contributed by atoms with E-state index in [1.54, 1.807) is 23.4 Å². The summed E-state index contributed by atoms with van der Waals surface area (Å²) in [6.07, 6.45) is 0. The number of para-hydroxylation sites is 1. The van der Waals surface area contributed by atoms with E-state index in [0.717, 1.165) is 25.4 Å². The average molecular weight is 465 g/mol. The minimum atomic E-state index is -1.32. The molecule has 178 valence electrons. The average Bonchev–Trinajstić information content (AvgIpc) is 3.01. The highest BCUT2D eigenvalue weighted by molar-refractivity contribution is 6.16. The highest BCUT2D eigenvalue weighted by Gasteiger charge is 2.52. The molecule has 0 unspecified atom stereocenters. The van der Waals surface area contributed by atoms with Crippen LogP contribution in [0.2, 0.25) is 0 Å². The number of urea groups is 1. The molecule has 4 amide bonds. The van der Waals surface area contributed by atoms with Crippen molar-refractivity contribution in [2.75, 3.05) is 33.1 Å². The van der Waals surface area contributed by atoms with Gasteiger partial charge in [-0.1, -0.05) is 18.2 Å². The molecule has 0 saturated carbocycles. The van der Waals surface area contributed by atoms with Crippen LogP contribution >= 0.6 is 0 Å². The Labute approximate surface area is 197 Å². The van der Waals surface area contributed by atoms with E-state index >= 15 is 0 Å². The first-order chi connectivity index (χ1) is 16.0. The summed E-state index contributed by atoms with van der Waals surface area (Å²) in [5.41, 5.74) is 2.48. The summed E-state index contributed by atoms with van der Waals surface area (Å²) >= 11 is 0. The van der Waals surface area contributed by atoms with Gasteiger partial charge in [0.1, 0.15) is 29.0 Å². The maximum absolute atomic E-state index is 13.4. The van der Waals surface area contributed by atoms with Crippen LogP contribution in [0.1, 0.15) is 28.7 Å². The standard InChI is InChI=1S/C24H28N6O4/c1-13-14(2)30(34)21(27(13)5)18(19-22(31)28(6)24(33)29(7)23(19)32)16-12-15-10-8-9-11-17(15)25-20(16)26(3)4/h8-12,18-19H,1-7H3/t18-/m0/s1. The molecule has 1 saturated heterocycles. The normalized spacial score (nSPS) is 16.0. The van der Waals surface area contributed by atoms with Gasteiger partial charge in [0, 0.05) is 53.0 Å². The summed E-state index contributed by atoms with van der Waals surface area (Å²) in [4.78, 5) is 47.8. The largest absolute Gasteiger partial charge is 0.711 e. The van der Waals surface area contributed by atoms with Crippen molar-refractivity contribution in [3.8, 4) is 0 Å². The Morgan fingerprint density at radius 3 is 2.15 bits per heavy atom. The molecule has 1 atom stereocenters. The number of nitrogens with zero attached hydrogens (tertiary/aromatic N) is 6. The lowest BCUT2D eigenvalue weighted by Gasteiger charge is -2.36. The number of rotatable bonds is 4. The number of hydrogen-bond acceptors (Lipinski definition) is 6. The molecule has 3 heterocycles. The van der Waals surface area contributed by atoms with Crippen LogP contribution in [0.25, 0.3) is 10.9 Å². The summed E-state index contributed by atoms with van der Waals surface area (Å²) in [5.74, 6) is -2.86. The van der Waals surface area contributed by atoms with Crippen LogP contribution in [-0.2, 0) is 16.6 Å². The fraction of sp³-hybridized carbons (Fsp3) is 0.375. The van der Waals surface area contributed by atoms with Crippen molar-refractivity contribution < 1.29 is 19.1 Å². The fourth-order valence-corrected chi connectivity index (χ4v) is 4.60. The molecule has 2 aromatic heterocycles. The molecule has 0 aliphatic carbocycles. The molecule has 34 heavy (non-hydrogen) atoms. The topological polar surface area (TPSA) is 106 Å². The Morgan fingerprint density at radius 2 is 1.62 bits per heavy atom. The van der Waals surface area contributed by atoms with Gasteiger partial charge in [-0.15, -0.1) is 0 Å².